The van der Waals surface area contributed by atoms with Gasteiger partial charge in [-0.3, -0.25) is 0 Å². The summed E-state index contributed by atoms with van der Waals surface area (Å²) in [6.07, 6.45) is 17.0. The first-order chi connectivity index (χ1) is 6.81. The molecule has 2 fully saturated rings. The van der Waals surface area contributed by atoms with Crippen LogP contribution in [0, 0.1) is 0 Å². The molecule has 2 rings (SSSR count). The Morgan fingerprint density at radius 3 is 1.79 bits per heavy atom. The first kappa shape index (κ1) is 10.9. The molecule has 1 aliphatic carbocycles. The third kappa shape index (κ3) is 2.51. The highest BCUT2D eigenvalue weighted by molar-refractivity contribution is 7.59. The minimum Gasteiger partial charge on any atom is -0.101 e. The van der Waals surface area contributed by atoms with Crippen LogP contribution in [-0.2, 0) is 0 Å². The molecule has 0 aromatic carbocycles. The topological polar surface area (TPSA) is 0 Å². The molecule has 0 spiro atoms. The van der Waals surface area contributed by atoms with Crippen molar-refractivity contribution >= 4 is 7.92 Å². The van der Waals surface area contributed by atoms with Crippen LogP contribution in [-0.4, -0.2) is 17.5 Å². The SMILES string of the molecule is CC1(P2CCCCCC2)CCCCC1. The van der Waals surface area contributed by atoms with Gasteiger partial charge in [0.25, 0.3) is 0 Å². The minimum atomic E-state index is 0.401. The maximum Gasteiger partial charge on any atom is -0.0123 e. The van der Waals surface area contributed by atoms with Crippen LogP contribution in [0.4, 0.5) is 0 Å². The van der Waals surface area contributed by atoms with Gasteiger partial charge < -0.3 is 0 Å². The molecule has 1 heterocycles. The summed E-state index contributed by atoms with van der Waals surface area (Å²) < 4.78 is 0. The maximum absolute atomic E-state index is 2.61. The summed E-state index contributed by atoms with van der Waals surface area (Å²) in [5, 5.41) is 0.803. The number of hydrogen-bond acceptors (Lipinski definition) is 0. The fourth-order valence-corrected chi connectivity index (χ4v) is 6.70. The standard InChI is InChI=1S/C13H25P/c1-13(9-5-4-6-10-13)14-11-7-2-3-8-12-14/h2-12H2,1H3. The van der Waals surface area contributed by atoms with E-state index in [1.807, 2.05) is 0 Å². The first-order valence-corrected chi connectivity index (χ1v) is 8.28. The van der Waals surface area contributed by atoms with E-state index in [-0.39, 0.29) is 0 Å². The summed E-state index contributed by atoms with van der Waals surface area (Å²) in [5.74, 6) is 0. The van der Waals surface area contributed by atoms with Crippen LogP contribution in [0.25, 0.3) is 0 Å². The lowest BCUT2D eigenvalue weighted by Crippen LogP contribution is -2.27. The lowest BCUT2D eigenvalue weighted by molar-refractivity contribution is 0.414. The monoisotopic (exact) mass is 212 g/mol. The van der Waals surface area contributed by atoms with E-state index in [9.17, 15) is 0 Å². The highest BCUT2D eigenvalue weighted by Crippen LogP contribution is 2.58. The van der Waals surface area contributed by atoms with Gasteiger partial charge in [-0.1, -0.05) is 39.0 Å². The van der Waals surface area contributed by atoms with E-state index in [1.54, 1.807) is 38.0 Å². The summed E-state index contributed by atoms with van der Waals surface area (Å²) in [5.41, 5.74) is 0. The zero-order valence-corrected chi connectivity index (χ0v) is 10.6. The first-order valence-electron chi connectivity index (χ1n) is 6.56. The molecule has 1 heteroatoms. The molecule has 0 bridgehead atoms. The quantitative estimate of drug-likeness (QED) is 0.549. The van der Waals surface area contributed by atoms with Gasteiger partial charge in [0.05, 0.1) is 0 Å². The Morgan fingerprint density at radius 1 is 0.714 bits per heavy atom. The molecule has 14 heavy (non-hydrogen) atoms. The van der Waals surface area contributed by atoms with Crippen LogP contribution in [0.3, 0.4) is 0 Å². The van der Waals surface area contributed by atoms with Crippen molar-refractivity contribution in [2.75, 3.05) is 12.3 Å². The predicted octanol–water partition coefficient (Wildman–Crippen LogP) is 4.77. The summed E-state index contributed by atoms with van der Waals surface area (Å²) in [7, 11) is 0.401. The maximum atomic E-state index is 2.61. The summed E-state index contributed by atoms with van der Waals surface area (Å²) in [4.78, 5) is 0. The van der Waals surface area contributed by atoms with Gasteiger partial charge in [0.2, 0.25) is 0 Å². The Hall–Kier alpha value is 0.430. The van der Waals surface area contributed by atoms with E-state index in [0.717, 1.165) is 5.16 Å². The van der Waals surface area contributed by atoms with Gasteiger partial charge in [-0.15, -0.1) is 7.92 Å². The fraction of sp³-hybridized carbons (Fsp3) is 1.00. The molecule has 82 valence electrons. The number of hydrogen-bond donors (Lipinski definition) is 0. The van der Waals surface area contributed by atoms with Crippen LogP contribution in [0.15, 0.2) is 0 Å². The van der Waals surface area contributed by atoms with Crippen molar-refractivity contribution in [3.63, 3.8) is 0 Å². The second-order valence-electron chi connectivity index (χ2n) is 5.46. The third-order valence-corrected chi connectivity index (χ3v) is 7.99. The molecule has 0 N–H and O–H groups in total. The second-order valence-corrected chi connectivity index (χ2v) is 8.51. The molecule has 0 aromatic heterocycles. The minimum absolute atomic E-state index is 0.401. The van der Waals surface area contributed by atoms with E-state index >= 15 is 0 Å². The van der Waals surface area contributed by atoms with E-state index < -0.39 is 0 Å². The van der Waals surface area contributed by atoms with E-state index in [0.29, 0.717) is 7.92 Å². The molecule has 0 radical (unpaired) electrons. The summed E-state index contributed by atoms with van der Waals surface area (Å²) >= 11 is 0. The normalized spacial score (nSPS) is 29.8. The average Bonchev–Trinajstić information content (AvgIpc) is 2.47. The van der Waals surface area contributed by atoms with Crippen LogP contribution >= 0.6 is 7.92 Å². The Kier molecular flexibility index (Phi) is 3.88. The van der Waals surface area contributed by atoms with Crippen molar-refractivity contribution in [3.05, 3.63) is 0 Å². The molecule has 1 saturated carbocycles. The Morgan fingerprint density at radius 2 is 1.21 bits per heavy atom. The smallest absolute Gasteiger partial charge is 0.0123 e. The van der Waals surface area contributed by atoms with Crippen LogP contribution in [0.2, 0.25) is 0 Å². The lowest BCUT2D eigenvalue weighted by Gasteiger charge is -2.41. The third-order valence-electron chi connectivity index (χ3n) is 4.30. The van der Waals surface area contributed by atoms with Gasteiger partial charge in [0.1, 0.15) is 0 Å². The van der Waals surface area contributed by atoms with Crippen LogP contribution in [0.1, 0.15) is 64.7 Å². The molecule has 2 aliphatic rings. The zero-order valence-electron chi connectivity index (χ0n) is 9.73. The fourth-order valence-electron chi connectivity index (χ4n) is 3.24. The van der Waals surface area contributed by atoms with Gasteiger partial charge >= 0.3 is 0 Å². The van der Waals surface area contributed by atoms with Gasteiger partial charge in [-0.2, -0.15) is 0 Å². The predicted molar refractivity (Wildman–Crippen MR) is 66.6 cm³/mol. The van der Waals surface area contributed by atoms with Crippen LogP contribution < -0.4 is 0 Å². The summed E-state index contributed by atoms with van der Waals surface area (Å²) in [6.45, 7) is 2.61. The Labute approximate surface area is 90.6 Å². The molecule has 0 aromatic rings. The summed E-state index contributed by atoms with van der Waals surface area (Å²) in [6, 6.07) is 0. The van der Waals surface area contributed by atoms with Crippen molar-refractivity contribution in [1.29, 1.82) is 0 Å². The van der Waals surface area contributed by atoms with Crippen LogP contribution in [0.5, 0.6) is 0 Å². The molecule has 0 nitrogen and oxygen atoms in total. The van der Waals surface area contributed by atoms with E-state index in [1.165, 1.54) is 32.1 Å². The van der Waals surface area contributed by atoms with Crippen molar-refractivity contribution in [3.8, 4) is 0 Å². The Balaban J connectivity index is 1.95. The number of rotatable bonds is 1. The highest BCUT2D eigenvalue weighted by atomic mass is 31.1. The van der Waals surface area contributed by atoms with Crippen molar-refractivity contribution < 1.29 is 0 Å². The van der Waals surface area contributed by atoms with Gasteiger partial charge in [0, 0.05) is 0 Å². The van der Waals surface area contributed by atoms with Crippen molar-refractivity contribution in [2.24, 2.45) is 0 Å². The van der Waals surface area contributed by atoms with Crippen molar-refractivity contribution in [2.45, 2.75) is 69.9 Å². The van der Waals surface area contributed by atoms with E-state index in [4.69, 9.17) is 0 Å². The Bertz CT molecular complexity index is 162. The average molecular weight is 212 g/mol. The molecule has 0 amide bonds. The van der Waals surface area contributed by atoms with E-state index in [2.05, 4.69) is 6.92 Å². The molecule has 1 saturated heterocycles. The van der Waals surface area contributed by atoms with Crippen molar-refractivity contribution in [1.82, 2.24) is 0 Å². The second kappa shape index (κ2) is 4.97. The molecule has 1 aliphatic heterocycles. The molecular formula is C13H25P. The highest BCUT2D eigenvalue weighted by Gasteiger charge is 2.34. The molecular weight excluding hydrogens is 187 g/mol. The lowest BCUT2D eigenvalue weighted by atomic mass is 9.90. The van der Waals surface area contributed by atoms with Gasteiger partial charge in [-0.05, 0) is 43.2 Å². The molecule has 0 atom stereocenters. The molecule has 0 unspecified atom stereocenters. The van der Waals surface area contributed by atoms with Gasteiger partial charge in [0.15, 0.2) is 0 Å². The van der Waals surface area contributed by atoms with Gasteiger partial charge in [-0.25, -0.2) is 0 Å². The zero-order chi connectivity index (χ0) is 9.86. The largest absolute Gasteiger partial charge is 0.101 e.